The number of carbonyl (C=O) groups is 2. The van der Waals surface area contributed by atoms with E-state index in [0.717, 1.165) is 0 Å². The lowest BCUT2D eigenvalue weighted by Crippen LogP contribution is -2.49. The number of aliphatic hydroxyl groups excluding tert-OH is 1. The molecular formula is C28H30Cl2FN5O3. The summed E-state index contributed by atoms with van der Waals surface area (Å²) in [5.74, 6) is -2.17. The highest BCUT2D eigenvalue weighted by molar-refractivity contribution is 6.31. The van der Waals surface area contributed by atoms with Crippen molar-refractivity contribution in [3.05, 3.63) is 75.7 Å². The number of hydrogen-bond acceptors (Lipinski definition) is 5. The maximum absolute atomic E-state index is 15.8. The molecule has 3 aromatic rings. The number of hydrogen-bond donors (Lipinski definition) is 4. The molecule has 39 heavy (non-hydrogen) atoms. The molecule has 4 atom stereocenters. The lowest BCUT2D eigenvalue weighted by molar-refractivity contribution is -0.122. The average Bonchev–Trinajstić information content (AvgIpc) is 3.51. The molecule has 11 heteroatoms. The van der Waals surface area contributed by atoms with E-state index in [1.807, 2.05) is 20.8 Å². The molecule has 206 valence electrons. The van der Waals surface area contributed by atoms with Crippen LogP contribution in [0.25, 0.3) is 0 Å². The molecule has 1 aromatic heterocycles. The first kappa shape index (κ1) is 27.6. The van der Waals surface area contributed by atoms with Gasteiger partial charge in [0.2, 0.25) is 11.8 Å². The van der Waals surface area contributed by atoms with E-state index in [1.54, 1.807) is 42.6 Å². The average molecular weight is 574 g/mol. The molecule has 4 unspecified atom stereocenters. The second-order valence-electron chi connectivity index (χ2n) is 11.3. The number of nitrogens with one attached hydrogen (secondary N) is 3. The van der Waals surface area contributed by atoms with Crippen molar-refractivity contribution in [3.63, 3.8) is 0 Å². The standard InChI is InChI=1S/C28H30Cl2FN5O3/c1-27(2,3)14-20-28(17-8-7-15(29)13-19(17)32-26(28)39)22(16-5-4-6-18(30)23(16)31)24(33-20)25(38)34-21-9-10-36(35-21)11-12-37/h4-10,13,20,22,24,33,37H,11-12,14H2,1-3H3,(H,32,39)(H,34,35,38). The van der Waals surface area contributed by atoms with E-state index < -0.39 is 35.1 Å². The van der Waals surface area contributed by atoms with Crippen LogP contribution in [0, 0.1) is 11.2 Å². The molecule has 2 aliphatic rings. The van der Waals surface area contributed by atoms with Crippen molar-refractivity contribution >= 4 is 46.5 Å². The van der Waals surface area contributed by atoms with Gasteiger partial charge in [0.15, 0.2) is 5.82 Å². The highest BCUT2D eigenvalue weighted by Gasteiger charge is 2.66. The van der Waals surface area contributed by atoms with Gasteiger partial charge in [-0.05, 0) is 41.2 Å². The van der Waals surface area contributed by atoms with Gasteiger partial charge in [-0.15, -0.1) is 0 Å². The van der Waals surface area contributed by atoms with Gasteiger partial charge in [-0.1, -0.05) is 62.2 Å². The minimum atomic E-state index is -1.34. The van der Waals surface area contributed by atoms with Crippen LogP contribution in [0.2, 0.25) is 10.0 Å². The summed E-state index contributed by atoms with van der Waals surface area (Å²) in [4.78, 5) is 28.0. The minimum absolute atomic E-state index is 0.0986. The second-order valence-corrected chi connectivity index (χ2v) is 12.1. The molecule has 8 nitrogen and oxygen atoms in total. The number of fused-ring (bicyclic) bond motifs is 2. The largest absolute Gasteiger partial charge is 0.394 e. The van der Waals surface area contributed by atoms with E-state index in [0.29, 0.717) is 22.7 Å². The predicted molar refractivity (Wildman–Crippen MR) is 149 cm³/mol. The summed E-state index contributed by atoms with van der Waals surface area (Å²) < 4.78 is 17.3. The summed E-state index contributed by atoms with van der Waals surface area (Å²) in [6, 6.07) is 9.84. The van der Waals surface area contributed by atoms with Crippen molar-refractivity contribution in [2.24, 2.45) is 5.41 Å². The van der Waals surface area contributed by atoms with Crippen LogP contribution in [-0.4, -0.2) is 45.4 Å². The Morgan fingerprint density at radius 1 is 1.23 bits per heavy atom. The number of benzene rings is 2. The van der Waals surface area contributed by atoms with Gasteiger partial charge in [0.25, 0.3) is 0 Å². The van der Waals surface area contributed by atoms with E-state index in [4.69, 9.17) is 23.2 Å². The summed E-state index contributed by atoms with van der Waals surface area (Å²) in [6.45, 7) is 6.31. The number of aliphatic hydroxyl groups is 1. The highest BCUT2D eigenvalue weighted by Crippen LogP contribution is 2.57. The van der Waals surface area contributed by atoms with Gasteiger partial charge in [0, 0.05) is 34.9 Å². The minimum Gasteiger partial charge on any atom is -0.394 e. The quantitative estimate of drug-likeness (QED) is 0.341. The maximum Gasteiger partial charge on any atom is 0.243 e. The maximum atomic E-state index is 15.8. The second kappa shape index (κ2) is 10.2. The normalized spacial score (nSPS) is 24.2. The number of carbonyl (C=O) groups excluding carboxylic acids is 2. The van der Waals surface area contributed by atoms with Crippen LogP contribution in [-0.2, 0) is 21.5 Å². The number of nitrogens with zero attached hydrogens (tertiary/aromatic N) is 2. The Balaban J connectivity index is 1.69. The third kappa shape index (κ3) is 4.82. The van der Waals surface area contributed by atoms with Gasteiger partial charge in [-0.3, -0.25) is 14.3 Å². The predicted octanol–water partition coefficient (Wildman–Crippen LogP) is 4.71. The van der Waals surface area contributed by atoms with Crippen molar-refractivity contribution in [3.8, 4) is 0 Å². The fourth-order valence-corrected chi connectivity index (χ4v) is 6.37. The van der Waals surface area contributed by atoms with Crippen molar-refractivity contribution in [1.82, 2.24) is 15.1 Å². The van der Waals surface area contributed by atoms with Crippen LogP contribution >= 0.6 is 23.2 Å². The fourth-order valence-electron chi connectivity index (χ4n) is 6.01. The smallest absolute Gasteiger partial charge is 0.243 e. The molecule has 0 aliphatic carbocycles. The first-order chi connectivity index (χ1) is 18.5. The number of amides is 2. The molecule has 1 fully saturated rings. The molecular weight excluding hydrogens is 544 g/mol. The molecule has 2 aromatic carbocycles. The van der Waals surface area contributed by atoms with E-state index in [-0.39, 0.29) is 40.9 Å². The molecule has 5 rings (SSSR count). The zero-order valence-corrected chi connectivity index (χ0v) is 23.3. The lowest BCUT2D eigenvalue weighted by atomic mass is 9.62. The number of rotatable bonds is 6. The van der Waals surface area contributed by atoms with Gasteiger partial charge in [-0.2, -0.15) is 5.10 Å². The van der Waals surface area contributed by atoms with Crippen molar-refractivity contribution in [1.29, 1.82) is 0 Å². The van der Waals surface area contributed by atoms with Gasteiger partial charge in [-0.25, -0.2) is 4.39 Å². The van der Waals surface area contributed by atoms with Crippen LogP contribution in [0.15, 0.2) is 48.7 Å². The van der Waals surface area contributed by atoms with Crippen LogP contribution in [0.4, 0.5) is 15.9 Å². The molecule has 0 saturated carbocycles. The molecule has 0 bridgehead atoms. The Hall–Kier alpha value is -2.98. The molecule has 4 N–H and O–H groups in total. The Bertz CT molecular complexity index is 1440. The summed E-state index contributed by atoms with van der Waals surface area (Å²) in [5.41, 5.74) is -0.242. The Kier molecular flexibility index (Phi) is 7.22. The Morgan fingerprint density at radius 2 is 2.00 bits per heavy atom. The highest BCUT2D eigenvalue weighted by atomic mass is 35.5. The lowest BCUT2D eigenvalue weighted by Gasteiger charge is -2.37. The SMILES string of the molecule is CC(C)(C)CC1NC(C(=O)Nc2ccn(CCO)n2)C(c2cccc(Cl)c2F)C12C(=O)Nc1cc(Cl)ccc12. The van der Waals surface area contributed by atoms with E-state index in [1.165, 1.54) is 10.7 Å². The molecule has 2 aliphatic heterocycles. The molecule has 0 radical (unpaired) electrons. The van der Waals surface area contributed by atoms with E-state index >= 15 is 4.39 Å². The first-order valence-corrected chi connectivity index (χ1v) is 13.5. The van der Waals surface area contributed by atoms with Crippen molar-refractivity contribution in [2.45, 2.75) is 57.2 Å². The topological polar surface area (TPSA) is 108 Å². The first-order valence-electron chi connectivity index (χ1n) is 12.7. The van der Waals surface area contributed by atoms with Crippen molar-refractivity contribution in [2.75, 3.05) is 17.2 Å². The van der Waals surface area contributed by atoms with E-state index in [2.05, 4.69) is 21.0 Å². The molecule has 1 saturated heterocycles. The van der Waals surface area contributed by atoms with Gasteiger partial charge in [0.05, 0.1) is 24.2 Å². The monoisotopic (exact) mass is 573 g/mol. The third-order valence-corrected chi connectivity index (χ3v) is 7.97. The number of halogens is 3. The van der Waals surface area contributed by atoms with Gasteiger partial charge < -0.3 is 21.1 Å². The van der Waals surface area contributed by atoms with Crippen LogP contribution in [0.1, 0.15) is 44.2 Å². The van der Waals surface area contributed by atoms with Crippen LogP contribution < -0.4 is 16.0 Å². The Labute approximate surface area is 235 Å². The van der Waals surface area contributed by atoms with Crippen LogP contribution in [0.5, 0.6) is 0 Å². The summed E-state index contributed by atoms with van der Waals surface area (Å²) >= 11 is 12.5. The van der Waals surface area contributed by atoms with Gasteiger partial charge >= 0.3 is 0 Å². The fraction of sp³-hybridized carbons (Fsp3) is 0.393. The van der Waals surface area contributed by atoms with Gasteiger partial charge in [0.1, 0.15) is 11.2 Å². The molecule has 3 heterocycles. The zero-order chi connectivity index (χ0) is 28.1. The summed E-state index contributed by atoms with van der Waals surface area (Å²) in [5, 5.41) is 23.0. The number of aromatic nitrogens is 2. The summed E-state index contributed by atoms with van der Waals surface area (Å²) in [7, 11) is 0. The molecule has 1 spiro atoms. The van der Waals surface area contributed by atoms with E-state index in [9.17, 15) is 14.7 Å². The number of anilines is 2. The third-order valence-electron chi connectivity index (χ3n) is 7.44. The summed E-state index contributed by atoms with van der Waals surface area (Å²) in [6.07, 6.45) is 2.15. The van der Waals surface area contributed by atoms with Crippen LogP contribution in [0.3, 0.4) is 0 Å². The van der Waals surface area contributed by atoms with Crippen molar-refractivity contribution < 1.29 is 19.1 Å². The Morgan fingerprint density at radius 3 is 2.72 bits per heavy atom. The molecule has 2 amide bonds. The zero-order valence-electron chi connectivity index (χ0n) is 21.8.